The molecule has 3 rings (SSSR count). The van der Waals surface area contributed by atoms with Crippen LogP contribution >= 0.6 is 11.6 Å². The van der Waals surface area contributed by atoms with Crippen molar-refractivity contribution in [1.82, 2.24) is 14.8 Å². The van der Waals surface area contributed by atoms with Gasteiger partial charge in [-0.15, -0.1) is 11.6 Å². The van der Waals surface area contributed by atoms with E-state index in [4.69, 9.17) is 16.3 Å². The lowest BCUT2D eigenvalue weighted by molar-refractivity contribution is -0.124. The molecule has 0 aliphatic heterocycles. The summed E-state index contributed by atoms with van der Waals surface area (Å²) >= 11 is 6.38. The van der Waals surface area contributed by atoms with E-state index in [1.807, 2.05) is 6.92 Å². The molecular formula is C19H25ClFN3O2. The molecule has 5 nitrogen and oxygen atoms in total. The minimum atomic E-state index is -1.09. The van der Waals surface area contributed by atoms with Crippen LogP contribution in [-0.4, -0.2) is 44.6 Å². The Morgan fingerprint density at radius 2 is 2.15 bits per heavy atom. The smallest absolute Gasteiger partial charge is 0.137 e. The number of halogens is 2. The third kappa shape index (κ3) is 3.63. The summed E-state index contributed by atoms with van der Waals surface area (Å²) in [6.07, 6.45) is 5.30. The highest BCUT2D eigenvalue weighted by atomic mass is 35.5. The van der Waals surface area contributed by atoms with Crippen molar-refractivity contribution in [3.8, 4) is 0 Å². The topological polar surface area (TPSA) is 60.2 Å². The summed E-state index contributed by atoms with van der Waals surface area (Å²) < 4.78 is 20.6. The van der Waals surface area contributed by atoms with Gasteiger partial charge in [-0.05, 0) is 49.8 Å². The number of nitrogens with zero attached hydrogens (tertiary/aromatic N) is 3. The molecule has 2 aromatic rings. The molecule has 1 fully saturated rings. The lowest BCUT2D eigenvalue weighted by Crippen LogP contribution is -2.55. The first-order valence-corrected chi connectivity index (χ1v) is 9.49. The Bertz CT molecular complexity index is 697. The van der Waals surface area contributed by atoms with Gasteiger partial charge in [0.2, 0.25) is 0 Å². The molecule has 142 valence electrons. The maximum absolute atomic E-state index is 13.2. The molecule has 0 bridgehead atoms. The van der Waals surface area contributed by atoms with Gasteiger partial charge in [0, 0.05) is 17.9 Å². The van der Waals surface area contributed by atoms with Crippen molar-refractivity contribution in [2.45, 2.75) is 38.3 Å². The molecule has 1 aliphatic carbocycles. The highest BCUT2D eigenvalue weighted by Crippen LogP contribution is 2.53. The van der Waals surface area contributed by atoms with Gasteiger partial charge >= 0.3 is 0 Å². The summed E-state index contributed by atoms with van der Waals surface area (Å²) in [5, 5.41) is 16.0. The Morgan fingerprint density at radius 3 is 2.77 bits per heavy atom. The molecule has 1 heterocycles. The number of ether oxygens (including phenoxy) is 1. The first-order chi connectivity index (χ1) is 12.5. The third-order valence-corrected chi connectivity index (χ3v) is 6.18. The molecule has 0 radical (unpaired) electrons. The van der Waals surface area contributed by atoms with Crippen LogP contribution in [0.3, 0.4) is 0 Å². The van der Waals surface area contributed by atoms with E-state index in [0.717, 1.165) is 18.4 Å². The molecule has 0 saturated heterocycles. The fraction of sp³-hybridized carbons (Fsp3) is 0.579. The number of hydrogen-bond donors (Lipinski definition) is 1. The van der Waals surface area contributed by atoms with Gasteiger partial charge in [-0.25, -0.2) is 9.37 Å². The number of hydrogen-bond acceptors (Lipinski definition) is 4. The van der Waals surface area contributed by atoms with Gasteiger partial charge in [-0.2, -0.15) is 5.10 Å². The predicted octanol–water partition coefficient (Wildman–Crippen LogP) is 3.06. The zero-order valence-electron chi connectivity index (χ0n) is 14.9. The Hall–Kier alpha value is -1.50. The van der Waals surface area contributed by atoms with E-state index in [9.17, 15) is 9.50 Å². The highest BCUT2D eigenvalue weighted by Gasteiger charge is 2.59. The molecule has 0 spiro atoms. The van der Waals surface area contributed by atoms with Crippen molar-refractivity contribution >= 4 is 11.6 Å². The van der Waals surface area contributed by atoms with Crippen molar-refractivity contribution < 1.29 is 14.2 Å². The minimum Gasteiger partial charge on any atom is -0.387 e. The van der Waals surface area contributed by atoms with E-state index in [1.54, 1.807) is 23.1 Å². The first-order valence-electron chi connectivity index (χ1n) is 8.96. The van der Waals surface area contributed by atoms with Gasteiger partial charge in [0.1, 0.15) is 18.5 Å². The average molecular weight is 382 g/mol. The van der Waals surface area contributed by atoms with E-state index in [-0.39, 0.29) is 11.7 Å². The van der Waals surface area contributed by atoms with Crippen LogP contribution in [0.1, 0.15) is 25.3 Å². The molecule has 26 heavy (non-hydrogen) atoms. The van der Waals surface area contributed by atoms with Gasteiger partial charge in [0.05, 0.1) is 18.8 Å². The van der Waals surface area contributed by atoms with Gasteiger partial charge < -0.3 is 9.84 Å². The van der Waals surface area contributed by atoms with Crippen molar-refractivity contribution in [2.75, 3.05) is 19.1 Å². The van der Waals surface area contributed by atoms with Crippen LogP contribution in [-0.2, 0) is 17.7 Å². The second kappa shape index (κ2) is 8.03. The van der Waals surface area contributed by atoms with Crippen LogP contribution in [0.15, 0.2) is 36.9 Å². The van der Waals surface area contributed by atoms with Crippen molar-refractivity contribution in [2.24, 2.45) is 11.3 Å². The maximum Gasteiger partial charge on any atom is 0.137 e. The molecule has 3 atom stereocenters. The first kappa shape index (κ1) is 19.3. The molecule has 1 aliphatic rings. The van der Waals surface area contributed by atoms with E-state index in [1.165, 1.54) is 18.5 Å². The Kier molecular flexibility index (Phi) is 5.95. The Balaban J connectivity index is 1.90. The van der Waals surface area contributed by atoms with Crippen LogP contribution in [0.25, 0.3) is 0 Å². The SMILES string of the molecule is CCOCC1(CCl)CCC(Cc2ccc(F)cc2)C1(O)Cn1cncn1. The molecule has 3 unspecified atom stereocenters. The quantitative estimate of drug-likeness (QED) is 0.714. The Morgan fingerprint density at radius 1 is 1.38 bits per heavy atom. The number of alkyl halides is 1. The fourth-order valence-corrected chi connectivity index (χ4v) is 4.53. The standard InChI is InChI=1S/C19H25ClFN3O2/c1-2-26-12-18(10-20)8-7-16(9-15-3-5-17(21)6-4-15)19(18,25)11-24-14-22-13-23-24/h3-6,13-14,16,25H,2,7-12H2,1H3. The zero-order chi connectivity index (χ0) is 18.6. The second-order valence-electron chi connectivity index (χ2n) is 7.13. The summed E-state index contributed by atoms with van der Waals surface area (Å²) in [5.74, 6) is 0.0128. The molecule has 7 heteroatoms. The van der Waals surface area contributed by atoms with Crippen LogP contribution in [0.4, 0.5) is 4.39 Å². The maximum atomic E-state index is 13.2. The zero-order valence-corrected chi connectivity index (χ0v) is 15.7. The third-order valence-electron chi connectivity index (χ3n) is 5.67. The van der Waals surface area contributed by atoms with Gasteiger partial charge in [-0.3, -0.25) is 4.68 Å². The monoisotopic (exact) mass is 381 g/mol. The normalized spacial score (nSPS) is 28.5. The summed E-state index contributed by atoms with van der Waals surface area (Å²) in [6.45, 7) is 3.21. The average Bonchev–Trinajstić information content (AvgIpc) is 3.23. The van der Waals surface area contributed by atoms with Gasteiger partial charge in [-0.1, -0.05) is 12.1 Å². The summed E-state index contributed by atoms with van der Waals surface area (Å²) in [6, 6.07) is 6.45. The van der Waals surface area contributed by atoms with E-state index in [2.05, 4.69) is 10.1 Å². The molecule has 1 aromatic carbocycles. The predicted molar refractivity (Wildman–Crippen MR) is 97.4 cm³/mol. The number of aromatic nitrogens is 3. The van der Waals surface area contributed by atoms with Crippen molar-refractivity contribution in [1.29, 1.82) is 0 Å². The van der Waals surface area contributed by atoms with Crippen LogP contribution in [0.2, 0.25) is 0 Å². The van der Waals surface area contributed by atoms with Crippen molar-refractivity contribution in [3.63, 3.8) is 0 Å². The van der Waals surface area contributed by atoms with E-state index in [0.29, 0.717) is 32.1 Å². The van der Waals surface area contributed by atoms with Gasteiger partial charge in [0.15, 0.2) is 0 Å². The van der Waals surface area contributed by atoms with Crippen LogP contribution < -0.4 is 0 Å². The summed E-state index contributed by atoms with van der Waals surface area (Å²) in [4.78, 5) is 3.98. The number of benzene rings is 1. The Labute approximate surface area is 158 Å². The molecule has 1 N–H and O–H groups in total. The van der Waals surface area contributed by atoms with E-state index >= 15 is 0 Å². The molecule has 0 amide bonds. The lowest BCUT2D eigenvalue weighted by atomic mass is 9.71. The number of rotatable bonds is 8. The molecular weight excluding hydrogens is 357 g/mol. The lowest BCUT2D eigenvalue weighted by Gasteiger charge is -2.44. The van der Waals surface area contributed by atoms with Gasteiger partial charge in [0.25, 0.3) is 0 Å². The number of aliphatic hydroxyl groups is 1. The van der Waals surface area contributed by atoms with Crippen molar-refractivity contribution in [3.05, 3.63) is 48.3 Å². The molecule has 1 aromatic heterocycles. The van der Waals surface area contributed by atoms with Crippen LogP contribution in [0.5, 0.6) is 0 Å². The largest absolute Gasteiger partial charge is 0.387 e. The highest BCUT2D eigenvalue weighted by molar-refractivity contribution is 6.18. The summed E-state index contributed by atoms with van der Waals surface area (Å²) in [5.41, 5.74) is -0.650. The minimum absolute atomic E-state index is 0.0311. The fourth-order valence-electron chi connectivity index (χ4n) is 4.09. The van der Waals surface area contributed by atoms with Crippen LogP contribution in [0, 0.1) is 17.2 Å². The summed E-state index contributed by atoms with van der Waals surface area (Å²) in [7, 11) is 0. The van der Waals surface area contributed by atoms with E-state index < -0.39 is 11.0 Å². The second-order valence-corrected chi connectivity index (χ2v) is 7.40. The molecule has 1 saturated carbocycles.